The van der Waals surface area contributed by atoms with Gasteiger partial charge in [0.1, 0.15) is 6.61 Å². The summed E-state index contributed by atoms with van der Waals surface area (Å²) in [6, 6.07) is 18.9. The Morgan fingerprint density at radius 1 is 1.16 bits per heavy atom. The molecule has 0 aliphatic heterocycles. The average molecular weight is 403 g/mol. The highest BCUT2D eigenvalue weighted by atomic mass is 79.9. The highest BCUT2D eigenvalue weighted by Gasteiger charge is 2.31. The van der Waals surface area contributed by atoms with Gasteiger partial charge in [0.05, 0.1) is 0 Å². The van der Waals surface area contributed by atoms with Gasteiger partial charge in [0.2, 0.25) is 0 Å². The van der Waals surface area contributed by atoms with E-state index in [9.17, 15) is 4.79 Å². The molecule has 0 spiro atoms. The number of nitrogens with one attached hydrogen (secondary N) is 2. The van der Waals surface area contributed by atoms with Gasteiger partial charge in [-0.15, -0.1) is 0 Å². The van der Waals surface area contributed by atoms with E-state index in [1.54, 1.807) is 0 Å². The molecule has 0 saturated heterocycles. The van der Waals surface area contributed by atoms with E-state index in [1.807, 2.05) is 42.5 Å². The van der Waals surface area contributed by atoms with Crippen LogP contribution in [0.3, 0.4) is 0 Å². The lowest BCUT2D eigenvalue weighted by atomic mass is 9.86. The molecule has 25 heavy (non-hydrogen) atoms. The van der Waals surface area contributed by atoms with Crippen molar-refractivity contribution < 1.29 is 9.53 Å². The normalized spacial score (nSPS) is 20.4. The molecule has 1 saturated carbocycles. The summed E-state index contributed by atoms with van der Waals surface area (Å²) >= 11 is 3.51. The van der Waals surface area contributed by atoms with Crippen molar-refractivity contribution >= 4 is 22.0 Å². The predicted molar refractivity (Wildman–Crippen MR) is 102 cm³/mol. The molecule has 2 aromatic rings. The zero-order chi connectivity index (χ0) is 17.6. The molecule has 0 unspecified atom stereocenters. The fraction of sp³-hybridized carbons (Fsp3) is 0.350. The van der Waals surface area contributed by atoms with Crippen LogP contribution in [-0.4, -0.2) is 18.2 Å². The molecule has 4 nitrogen and oxygen atoms in total. The van der Waals surface area contributed by atoms with E-state index in [0.29, 0.717) is 12.6 Å². The maximum absolute atomic E-state index is 11.8. The number of carbonyl (C=O) groups excluding carboxylic acids is 1. The number of rotatable bonds is 6. The summed E-state index contributed by atoms with van der Waals surface area (Å²) in [5, 5.41) is 6.54. The molecule has 0 radical (unpaired) electrons. The van der Waals surface area contributed by atoms with Crippen LogP contribution in [0.2, 0.25) is 0 Å². The number of halogens is 1. The Labute approximate surface area is 157 Å². The van der Waals surface area contributed by atoms with E-state index in [-0.39, 0.29) is 18.2 Å². The topological polar surface area (TPSA) is 50.4 Å². The van der Waals surface area contributed by atoms with Crippen LogP contribution < -0.4 is 10.6 Å². The van der Waals surface area contributed by atoms with Crippen molar-refractivity contribution in [2.45, 2.75) is 44.5 Å². The van der Waals surface area contributed by atoms with E-state index < -0.39 is 0 Å². The van der Waals surface area contributed by atoms with Crippen LogP contribution in [-0.2, 0) is 11.3 Å². The fourth-order valence-electron chi connectivity index (χ4n) is 3.03. The summed E-state index contributed by atoms with van der Waals surface area (Å²) < 4.78 is 6.35. The van der Waals surface area contributed by atoms with Gasteiger partial charge in [0, 0.05) is 22.6 Å². The molecule has 2 aromatic carbocycles. The molecule has 1 aliphatic rings. The largest absolute Gasteiger partial charge is 0.445 e. The number of amides is 1. The molecule has 5 heteroatoms. The van der Waals surface area contributed by atoms with Crippen LogP contribution in [0.1, 0.15) is 36.9 Å². The van der Waals surface area contributed by atoms with Crippen LogP contribution in [0.4, 0.5) is 4.79 Å². The van der Waals surface area contributed by atoms with E-state index >= 15 is 0 Å². The van der Waals surface area contributed by atoms with E-state index in [1.165, 1.54) is 5.56 Å². The van der Waals surface area contributed by atoms with Gasteiger partial charge in [-0.3, -0.25) is 0 Å². The van der Waals surface area contributed by atoms with Gasteiger partial charge >= 0.3 is 6.09 Å². The van der Waals surface area contributed by atoms with Crippen molar-refractivity contribution in [2.75, 3.05) is 0 Å². The van der Waals surface area contributed by atoms with Crippen molar-refractivity contribution in [2.24, 2.45) is 0 Å². The van der Waals surface area contributed by atoms with Crippen molar-refractivity contribution in [1.82, 2.24) is 10.6 Å². The van der Waals surface area contributed by atoms with Gasteiger partial charge in [0.15, 0.2) is 0 Å². The minimum absolute atomic E-state index is 0.190. The summed E-state index contributed by atoms with van der Waals surface area (Å²) in [7, 11) is 0. The average Bonchev–Trinajstić information content (AvgIpc) is 2.59. The molecule has 2 N–H and O–H groups in total. The Morgan fingerprint density at radius 2 is 1.92 bits per heavy atom. The second-order valence-electron chi connectivity index (χ2n) is 6.51. The lowest BCUT2D eigenvalue weighted by Gasteiger charge is -2.38. The summed E-state index contributed by atoms with van der Waals surface area (Å²) in [6.45, 7) is 2.47. The summed E-state index contributed by atoms with van der Waals surface area (Å²) in [5.41, 5.74) is 2.25. The van der Waals surface area contributed by atoms with Gasteiger partial charge in [-0.25, -0.2) is 4.79 Å². The Morgan fingerprint density at radius 3 is 2.64 bits per heavy atom. The Bertz CT molecular complexity index is 702. The number of hydrogen-bond donors (Lipinski definition) is 2. The van der Waals surface area contributed by atoms with Crippen LogP contribution in [0.25, 0.3) is 0 Å². The Balaban J connectivity index is 1.35. The smallest absolute Gasteiger partial charge is 0.407 e. The van der Waals surface area contributed by atoms with Crippen LogP contribution >= 0.6 is 15.9 Å². The maximum atomic E-state index is 11.8. The molecule has 0 heterocycles. The first-order chi connectivity index (χ1) is 12.1. The molecule has 3 rings (SSSR count). The van der Waals surface area contributed by atoms with Gasteiger partial charge in [-0.05, 0) is 43.0 Å². The third kappa shape index (κ3) is 5.31. The van der Waals surface area contributed by atoms with Crippen molar-refractivity contribution in [1.29, 1.82) is 0 Å². The van der Waals surface area contributed by atoms with Crippen molar-refractivity contribution in [3.63, 3.8) is 0 Å². The minimum atomic E-state index is -0.340. The molecule has 1 fully saturated rings. The van der Waals surface area contributed by atoms with Gasteiger partial charge in [-0.2, -0.15) is 0 Å². The first-order valence-electron chi connectivity index (χ1n) is 8.59. The van der Waals surface area contributed by atoms with E-state index in [0.717, 1.165) is 22.9 Å². The molecule has 1 amide bonds. The van der Waals surface area contributed by atoms with Gasteiger partial charge < -0.3 is 15.4 Å². The number of hydrogen-bond acceptors (Lipinski definition) is 3. The number of alkyl carbamates (subject to hydrolysis) is 1. The number of ether oxygens (including phenoxy) is 1. The first kappa shape index (κ1) is 18.0. The summed E-state index contributed by atoms with van der Waals surface area (Å²) in [5.74, 6) is 0. The third-order valence-corrected chi connectivity index (χ3v) is 5.00. The number of benzene rings is 2. The second-order valence-corrected chi connectivity index (χ2v) is 7.43. The Kier molecular flexibility index (Phi) is 6.10. The molecule has 0 aromatic heterocycles. The molecule has 1 atom stereocenters. The highest BCUT2D eigenvalue weighted by molar-refractivity contribution is 9.10. The Hall–Kier alpha value is -1.85. The molecule has 1 aliphatic carbocycles. The zero-order valence-corrected chi connectivity index (χ0v) is 15.8. The number of carbonyl (C=O) groups is 1. The predicted octanol–water partition coefficient (Wildman–Crippen LogP) is 4.56. The standard InChI is InChI=1S/C20H23BrN2O2/c1-14(16-8-5-9-17(21)10-16)22-18-11-19(12-18)23-20(24)25-13-15-6-3-2-4-7-15/h2-10,14,18-19,22H,11-13H2,1H3,(H,23,24)/t14-,18?,19?/m1/s1. The lowest BCUT2D eigenvalue weighted by Crippen LogP contribution is -2.52. The quantitative estimate of drug-likeness (QED) is 0.744. The molecular formula is C20H23BrN2O2. The fourth-order valence-corrected chi connectivity index (χ4v) is 3.45. The minimum Gasteiger partial charge on any atom is -0.445 e. The van der Waals surface area contributed by atoms with E-state index in [2.05, 4.69) is 45.6 Å². The van der Waals surface area contributed by atoms with Gasteiger partial charge in [0.25, 0.3) is 0 Å². The lowest BCUT2D eigenvalue weighted by molar-refractivity contribution is 0.124. The second kappa shape index (κ2) is 8.50. The molecule has 132 valence electrons. The zero-order valence-electron chi connectivity index (χ0n) is 14.2. The maximum Gasteiger partial charge on any atom is 0.407 e. The third-order valence-electron chi connectivity index (χ3n) is 4.51. The summed E-state index contributed by atoms with van der Waals surface area (Å²) in [6.07, 6.45) is 1.52. The van der Waals surface area contributed by atoms with Crippen molar-refractivity contribution in [3.05, 3.63) is 70.2 Å². The molecule has 0 bridgehead atoms. The first-order valence-corrected chi connectivity index (χ1v) is 9.38. The highest BCUT2D eigenvalue weighted by Crippen LogP contribution is 2.25. The van der Waals surface area contributed by atoms with Crippen LogP contribution in [0.5, 0.6) is 0 Å². The van der Waals surface area contributed by atoms with Crippen molar-refractivity contribution in [3.8, 4) is 0 Å². The van der Waals surface area contributed by atoms with Crippen LogP contribution in [0.15, 0.2) is 59.1 Å². The van der Waals surface area contributed by atoms with Gasteiger partial charge in [-0.1, -0.05) is 58.4 Å². The van der Waals surface area contributed by atoms with Crippen LogP contribution in [0, 0.1) is 0 Å². The monoisotopic (exact) mass is 402 g/mol. The SMILES string of the molecule is C[C@@H](NC1CC(NC(=O)OCc2ccccc2)C1)c1cccc(Br)c1. The van der Waals surface area contributed by atoms with E-state index in [4.69, 9.17) is 4.74 Å². The molecular weight excluding hydrogens is 380 g/mol. The summed E-state index contributed by atoms with van der Waals surface area (Å²) in [4.78, 5) is 11.8.